The summed E-state index contributed by atoms with van der Waals surface area (Å²) < 4.78 is 0. The molecule has 0 aromatic heterocycles. The minimum absolute atomic E-state index is 0.0755. The number of aliphatic hydroxyl groups excluding tert-OH is 2. The van der Waals surface area contributed by atoms with E-state index in [9.17, 15) is 10.2 Å². The Labute approximate surface area is 86.3 Å². The van der Waals surface area contributed by atoms with Crippen LogP contribution in [-0.2, 0) is 0 Å². The molecule has 14 heavy (non-hydrogen) atoms. The summed E-state index contributed by atoms with van der Waals surface area (Å²) in [5.41, 5.74) is 0.227. The quantitative estimate of drug-likeness (QED) is 0.712. The van der Waals surface area contributed by atoms with Gasteiger partial charge in [-0.3, -0.25) is 0 Å². The highest BCUT2D eigenvalue weighted by Gasteiger charge is 2.47. The zero-order valence-electron chi connectivity index (χ0n) is 9.13. The lowest BCUT2D eigenvalue weighted by atomic mass is 9.54. The van der Waals surface area contributed by atoms with Crippen LogP contribution >= 0.6 is 0 Å². The summed E-state index contributed by atoms with van der Waals surface area (Å²) >= 11 is 0. The summed E-state index contributed by atoms with van der Waals surface area (Å²) in [4.78, 5) is 0. The fourth-order valence-electron chi connectivity index (χ4n) is 3.91. The van der Waals surface area contributed by atoms with Crippen LogP contribution in [0.4, 0.5) is 0 Å². The third-order valence-electron chi connectivity index (χ3n) is 4.34. The molecule has 0 amide bonds. The lowest BCUT2D eigenvalue weighted by Gasteiger charge is -2.51. The largest absolute Gasteiger partial charge is 0.396 e. The van der Waals surface area contributed by atoms with Gasteiger partial charge in [-0.15, -0.1) is 0 Å². The van der Waals surface area contributed by atoms with Crippen molar-refractivity contribution in [2.45, 2.75) is 45.4 Å². The van der Waals surface area contributed by atoms with Crippen molar-refractivity contribution < 1.29 is 10.2 Å². The van der Waals surface area contributed by atoms with Crippen LogP contribution in [0, 0.1) is 16.7 Å². The van der Waals surface area contributed by atoms with Gasteiger partial charge in [-0.2, -0.15) is 0 Å². The summed E-state index contributed by atoms with van der Waals surface area (Å²) in [6.07, 6.45) is 7.10. The Balaban J connectivity index is 2.17. The number of hydrogen-bond donors (Lipinski definition) is 2. The zero-order chi connectivity index (χ0) is 10.2. The average Bonchev–Trinajstić information content (AvgIpc) is 2.17. The van der Waals surface area contributed by atoms with Gasteiger partial charge in [-0.25, -0.2) is 0 Å². The van der Waals surface area contributed by atoms with E-state index in [4.69, 9.17) is 0 Å². The lowest BCUT2D eigenvalue weighted by molar-refractivity contribution is -0.0627. The highest BCUT2D eigenvalue weighted by Crippen LogP contribution is 2.55. The summed E-state index contributed by atoms with van der Waals surface area (Å²) in [5, 5.41) is 19.0. The molecule has 2 nitrogen and oxygen atoms in total. The molecule has 82 valence electrons. The molecule has 0 aromatic carbocycles. The molecule has 2 bridgehead atoms. The minimum Gasteiger partial charge on any atom is -0.396 e. The predicted molar refractivity (Wildman–Crippen MR) is 55.9 cm³/mol. The van der Waals surface area contributed by atoms with Crippen molar-refractivity contribution in [3.05, 3.63) is 0 Å². The van der Waals surface area contributed by atoms with Gasteiger partial charge in [0, 0.05) is 13.2 Å². The van der Waals surface area contributed by atoms with Gasteiger partial charge < -0.3 is 10.2 Å². The topological polar surface area (TPSA) is 40.5 Å². The van der Waals surface area contributed by atoms with Gasteiger partial charge in [0.15, 0.2) is 0 Å². The van der Waals surface area contributed by atoms with E-state index in [0.717, 1.165) is 25.2 Å². The van der Waals surface area contributed by atoms with Crippen LogP contribution in [-0.4, -0.2) is 23.4 Å². The maximum Gasteiger partial charge on any atom is 0.0487 e. The first kappa shape index (κ1) is 10.4. The molecule has 2 aliphatic rings. The van der Waals surface area contributed by atoms with Crippen molar-refractivity contribution >= 4 is 0 Å². The molecule has 0 aromatic rings. The predicted octanol–water partition coefficient (Wildman–Crippen LogP) is 1.95. The van der Waals surface area contributed by atoms with E-state index < -0.39 is 0 Å². The second-order valence-corrected chi connectivity index (χ2v) is 5.97. The fourth-order valence-corrected chi connectivity index (χ4v) is 3.91. The van der Waals surface area contributed by atoms with Crippen molar-refractivity contribution in [2.24, 2.45) is 16.7 Å². The first-order valence-electron chi connectivity index (χ1n) is 5.83. The van der Waals surface area contributed by atoms with E-state index in [-0.39, 0.29) is 17.4 Å². The van der Waals surface area contributed by atoms with Crippen LogP contribution in [0.2, 0.25) is 0 Å². The van der Waals surface area contributed by atoms with Crippen LogP contribution in [0.5, 0.6) is 0 Å². The molecule has 2 rings (SSSR count). The Morgan fingerprint density at radius 2 is 2.00 bits per heavy atom. The molecule has 2 fully saturated rings. The van der Waals surface area contributed by atoms with Gasteiger partial charge in [0.1, 0.15) is 0 Å². The lowest BCUT2D eigenvalue weighted by Crippen LogP contribution is -2.45. The van der Waals surface area contributed by atoms with E-state index >= 15 is 0 Å². The van der Waals surface area contributed by atoms with Gasteiger partial charge in [0.2, 0.25) is 0 Å². The summed E-state index contributed by atoms with van der Waals surface area (Å²) in [6, 6.07) is 0. The van der Waals surface area contributed by atoms with Crippen molar-refractivity contribution in [1.29, 1.82) is 0 Å². The first-order valence-corrected chi connectivity index (χ1v) is 5.83. The second kappa shape index (κ2) is 3.49. The molecule has 2 saturated carbocycles. The highest BCUT2D eigenvalue weighted by molar-refractivity contribution is 4.97. The number of rotatable bonds is 2. The normalized spacial score (nSPS) is 47.8. The molecule has 2 N–H and O–H groups in total. The van der Waals surface area contributed by atoms with Gasteiger partial charge in [-0.1, -0.05) is 19.8 Å². The van der Waals surface area contributed by atoms with Crippen LogP contribution < -0.4 is 0 Å². The Morgan fingerprint density at radius 3 is 2.64 bits per heavy atom. The number of aliphatic hydroxyl groups is 2. The standard InChI is InChI=1S/C12H22O2/c1-11(8-13)5-10-3-2-4-12(6-10,7-11)9-14/h10,13-14H,2-9H2,1H3. The molecule has 0 saturated heterocycles. The van der Waals surface area contributed by atoms with Gasteiger partial charge in [0.25, 0.3) is 0 Å². The van der Waals surface area contributed by atoms with Crippen molar-refractivity contribution in [3.8, 4) is 0 Å². The number of hydrogen-bond acceptors (Lipinski definition) is 2. The highest BCUT2D eigenvalue weighted by atomic mass is 16.3. The average molecular weight is 198 g/mol. The monoisotopic (exact) mass is 198 g/mol. The van der Waals surface area contributed by atoms with Crippen LogP contribution in [0.3, 0.4) is 0 Å². The molecular weight excluding hydrogens is 176 g/mol. The molecule has 0 aliphatic heterocycles. The first-order chi connectivity index (χ1) is 6.61. The van der Waals surface area contributed by atoms with E-state index in [1.807, 2.05) is 0 Å². The maximum atomic E-state index is 9.54. The Kier molecular flexibility index (Phi) is 2.61. The fraction of sp³-hybridized carbons (Fsp3) is 1.00. The van der Waals surface area contributed by atoms with E-state index in [2.05, 4.69) is 6.92 Å². The molecule has 0 radical (unpaired) electrons. The molecule has 3 atom stereocenters. The van der Waals surface area contributed by atoms with Gasteiger partial charge >= 0.3 is 0 Å². The van der Waals surface area contributed by atoms with Crippen LogP contribution in [0.15, 0.2) is 0 Å². The Morgan fingerprint density at radius 1 is 1.21 bits per heavy atom. The third kappa shape index (κ3) is 1.70. The molecule has 0 heterocycles. The van der Waals surface area contributed by atoms with E-state index in [1.165, 1.54) is 19.3 Å². The molecule has 0 spiro atoms. The molecule has 2 heteroatoms. The summed E-state index contributed by atoms with van der Waals surface area (Å²) in [5.74, 6) is 0.752. The van der Waals surface area contributed by atoms with E-state index in [0.29, 0.717) is 6.61 Å². The van der Waals surface area contributed by atoms with Gasteiger partial charge in [0.05, 0.1) is 0 Å². The SMILES string of the molecule is CC1(CO)CC2CCCC(CO)(C2)C1. The molecule has 2 aliphatic carbocycles. The zero-order valence-corrected chi connectivity index (χ0v) is 9.13. The Bertz CT molecular complexity index is 214. The third-order valence-corrected chi connectivity index (χ3v) is 4.34. The number of fused-ring (bicyclic) bond motifs is 2. The molecular formula is C12H22O2. The Hall–Kier alpha value is -0.0800. The summed E-state index contributed by atoms with van der Waals surface area (Å²) in [6.45, 7) is 2.78. The molecule has 3 unspecified atom stereocenters. The smallest absolute Gasteiger partial charge is 0.0487 e. The van der Waals surface area contributed by atoms with Crippen LogP contribution in [0.25, 0.3) is 0 Å². The van der Waals surface area contributed by atoms with Crippen LogP contribution in [0.1, 0.15) is 45.4 Å². The maximum absolute atomic E-state index is 9.54. The van der Waals surface area contributed by atoms with Crippen molar-refractivity contribution in [1.82, 2.24) is 0 Å². The van der Waals surface area contributed by atoms with Crippen molar-refractivity contribution in [3.63, 3.8) is 0 Å². The van der Waals surface area contributed by atoms with Crippen molar-refractivity contribution in [2.75, 3.05) is 13.2 Å². The minimum atomic E-state index is 0.0755. The van der Waals surface area contributed by atoms with Gasteiger partial charge in [-0.05, 0) is 42.4 Å². The van der Waals surface area contributed by atoms with E-state index in [1.54, 1.807) is 0 Å². The second-order valence-electron chi connectivity index (χ2n) is 5.97. The summed E-state index contributed by atoms with van der Waals surface area (Å²) in [7, 11) is 0.